The topological polar surface area (TPSA) is 61.6 Å². The standard InChI is InChI=1S/C15H20N4O2/c1-2-17-5-7-18(8-6-17)12-3-4-14-13(9-12)16-11-19(14)10-15(20)21/h3-4,9,11H,2,5-8,10H2,1H3,(H,20,21). The second kappa shape index (κ2) is 5.73. The highest BCUT2D eigenvalue weighted by Gasteiger charge is 2.16. The van der Waals surface area contributed by atoms with E-state index in [1.807, 2.05) is 6.07 Å². The molecule has 2 aromatic rings. The highest BCUT2D eigenvalue weighted by Crippen LogP contribution is 2.22. The van der Waals surface area contributed by atoms with Gasteiger partial charge in [-0.25, -0.2) is 4.98 Å². The Labute approximate surface area is 123 Å². The minimum Gasteiger partial charge on any atom is -0.480 e. The molecule has 1 N–H and O–H groups in total. The fourth-order valence-corrected chi connectivity index (χ4v) is 2.84. The van der Waals surface area contributed by atoms with Gasteiger partial charge in [0.05, 0.1) is 17.4 Å². The van der Waals surface area contributed by atoms with Crippen LogP contribution in [0.4, 0.5) is 5.69 Å². The van der Waals surface area contributed by atoms with Gasteiger partial charge in [-0.3, -0.25) is 4.79 Å². The third kappa shape index (κ3) is 2.85. The maximum absolute atomic E-state index is 10.8. The molecule has 1 fully saturated rings. The van der Waals surface area contributed by atoms with Crippen LogP contribution in [0.15, 0.2) is 24.5 Å². The summed E-state index contributed by atoms with van der Waals surface area (Å²) in [5.74, 6) is -0.853. The van der Waals surface area contributed by atoms with Crippen molar-refractivity contribution in [3.05, 3.63) is 24.5 Å². The van der Waals surface area contributed by atoms with Crippen LogP contribution in [0.3, 0.4) is 0 Å². The molecule has 112 valence electrons. The van der Waals surface area contributed by atoms with E-state index in [-0.39, 0.29) is 6.54 Å². The van der Waals surface area contributed by atoms with E-state index in [4.69, 9.17) is 5.11 Å². The highest BCUT2D eigenvalue weighted by atomic mass is 16.4. The maximum Gasteiger partial charge on any atom is 0.323 e. The quantitative estimate of drug-likeness (QED) is 0.918. The summed E-state index contributed by atoms with van der Waals surface area (Å²) >= 11 is 0. The third-order valence-corrected chi connectivity index (χ3v) is 4.09. The zero-order chi connectivity index (χ0) is 14.8. The van der Waals surface area contributed by atoms with Gasteiger partial charge < -0.3 is 19.5 Å². The zero-order valence-electron chi connectivity index (χ0n) is 12.2. The summed E-state index contributed by atoms with van der Waals surface area (Å²) in [6.45, 7) is 7.46. The van der Waals surface area contributed by atoms with Crippen LogP contribution >= 0.6 is 0 Å². The van der Waals surface area contributed by atoms with Gasteiger partial charge in [0.2, 0.25) is 0 Å². The molecular formula is C15H20N4O2. The van der Waals surface area contributed by atoms with Crippen molar-refractivity contribution in [1.29, 1.82) is 0 Å². The van der Waals surface area contributed by atoms with E-state index in [0.29, 0.717) is 0 Å². The number of benzene rings is 1. The minimum absolute atomic E-state index is 0.0506. The lowest BCUT2D eigenvalue weighted by Crippen LogP contribution is -2.46. The molecule has 1 aliphatic rings. The highest BCUT2D eigenvalue weighted by molar-refractivity contribution is 5.81. The smallest absolute Gasteiger partial charge is 0.323 e. The van der Waals surface area contributed by atoms with Gasteiger partial charge in [0.15, 0.2) is 0 Å². The number of imidazole rings is 1. The van der Waals surface area contributed by atoms with E-state index in [2.05, 4.69) is 33.8 Å². The molecule has 0 unspecified atom stereocenters. The monoisotopic (exact) mass is 288 g/mol. The lowest BCUT2D eigenvalue weighted by molar-refractivity contribution is -0.137. The van der Waals surface area contributed by atoms with Crippen molar-refractivity contribution in [3.8, 4) is 0 Å². The van der Waals surface area contributed by atoms with Crippen molar-refractivity contribution in [3.63, 3.8) is 0 Å². The Morgan fingerprint density at radius 2 is 2.05 bits per heavy atom. The summed E-state index contributed by atoms with van der Waals surface area (Å²) in [7, 11) is 0. The van der Waals surface area contributed by atoms with Gasteiger partial charge in [0, 0.05) is 31.9 Å². The molecule has 6 nitrogen and oxygen atoms in total. The van der Waals surface area contributed by atoms with Crippen LogP contribution in [0, 0.1) is 0 Å². The molecule has 21 heavy (non-hydrogen) atoms. The molecule has 0 bridgehead atoms. The fourth-order valence-electron chi connectivity index (χ4n) is 2.84. The van der Waals surface area contributed by atoms with Crippen molar-refractivity contribution in [2.45, 2.75) is 13.5 Å². The third-order valence-electron chi connectivity index (χ3n) is 4.09. The minimum atomic E-state index is -0.853. The SMILES string of the molecule is CCN1CCN(c2ccc3c(c2)ncn3CC(=O)O)CC1. The van der Waals surface area contributed by atoms with E-state index in [1.54, 1.807) is 10.9 Å². The molecule has 0 saturated carbocycles. The second-order valence-corrected chi connectivity index (χ2v) is 5.36. The van der Waals surface area contributed by atoms with Gasteiger partial charge in [0.25, 0.3) is 0 Å². The lowest BCUT2D eigenvalue weighted by atomic mass is 10.2. The second-order valence-electron chi connectivity index (χ2n) is 5.36. The molecule has 1 aliphatic heterocycles. The van der Waals surface area contributed by atoms with Crippen LogP contribution in [-0.2, 0) is 11.3 Å². The van der Waals surface area contributed by atoms with E-state index < -0.39 is 5.97 Å². The lowest BCUT2D eigenvalue weighted by Gasteiger charge is -2.35. The molecular weight excluding hydrogens is 268 g/mol. The van der Waals surface area contributed by atoms with Gasteiger partial charge in [-0.15, -0.1) is 0 Å². The van der Waals surface area contributed by atoms with E-state index in [9.17, 15) is 4.79 Å². The predicted octanol–water partition coefficient (Wildman–Crippen LogP) is 1.26. The molecule has 1 saturated heterocycles. The van der Waals surface area contributed by atoms with Crippen LogP contribution in [0.5, 0.6) is 0 Å². The summed E-state index contributed by atoms with van der Waals surface area (Å²) in [5, 5.41) is 8.89. The Balaban J connectivity index is 1.80. The fraction of sp³-hybridized carbons (Fsp3) is 0.467. The number of hydrogen-bond donors (Lipinski definition) is 1. The maximum atomic E-state index is 10.8. The number of carboxylic acid groups (broad SMARTS) is 1. The van der Waals surface area contributed by atoms with E-state index >= 15 is 0 Å². The first kappa shape index (κ1) is 13.9. The molecule has 6 heteroatoms. The van der Waals surface area contributed by atoms with Gasteiger partial charge in [-0.1, -0.05) is 6.92 Å². The summed E-state index contributed by atoms with van der Waals surface area (Å²) in [6.07, 6.45) is 1.59. The normalized spacial score (nSPS) is 16.5. The van der Waals surface area contributed by atoms with E-state index in [1.165, 1.54) is 5.69 Å². The number of aromatic nitrogens is 2. The van der Waals surface area contributed by atoms with Gasteiger partial charge in [-0.05, 0) is 24.7 Å². The molecule has 0 atom stereocenters. The average Bonchev–Trinajstić information content (AvgIpc) is 2.89. The molecule has 1 aromatic carbocycles. The molecule has 0 radical (unpaired) electrons. The Morgan fingerprint density at radius 1 is 1.29 bits per heavy atom. The summed E-state index contributed by atoms with van der Waals surface area (Å²) in [4.78, 5) is 19.9. The first-order valence-corrected chi connectivity index (χ1v) is 7.31. The van der Waals surface area contributed by atoms with Gasteiger partial charge in [0.1, 0.15) is 6.54 Å². The summed E-state index contributed by atoms with van der Waals surface area (Å²) in [5.41, 5.74) is 2.89. The predicted molar refractivity (Wildman–Crippen MR) is 81.7 cm³/mol. The number of piperazine rings is 1. The molecule has 3 rings (SSSR count). The first-order valence-electron chi connectivity index (χ1n) is 7.31. The molecule has 2 heterocycles. The number of hydrogen-bond acceptors (Lipinski definition) is 4. The Bertz CT molecular complexity index is 644. The van der Waals surface area contributed by atoms with Crippen molar-refractivity contribution in [2.75, 3.05) is 37.6 Å². The summed E-state index contributed by atoms with van der Waals surface area (Å²) in [6, 6.07) is 6.08. The molecule has 0 spiro atoms. The van der Waals surface area contributed by atoms with Crippen LogP contribution in [0.25, 0.3) is 11.0 Å². The van der Waals surface area contributed by atoms with Crippen molar-refractivity contribution < 1.29 is 9.90 Å². The Kier molecular flexibility index (Phi) is 3.79. The zero-order valence-corrected chi connectivity index (χ0v) is 12.2. The van der Waals surface area contributed by atoms with E-state index in [0.717, 1.165) is 43.8 Å². The van der Waals surface area contributed by atoms with Crippen LogP contribution in [0.2, 0.25) is 0 Å². The average molecular weight is 288 g/mol. The first-order chi connectivity index (χ1) is 10.2. The largest absolute Gasteiger partial charge is 0.480 e. The summed E-state index contributed by atoms with van der Waals surface area (Å²) < 4.78 is 1.66. The number of carbonyl (C=O) groups is 1. The molecule has 0 aliphatic carbocycles. The van der Waals surface area contributed by atoms with Gasteiger partial charge >= 0.3 is 5.97 Å². The van der Waals surface area contributed by atoms with Crippen LogP contribution in [0.1, 0.15) is 6.92 Å². The number of anilines is 1. The van der Waals surface area contributed by atoms with Crippen LogP contribution < -0.4 is 4.90 Å². The van der Waals surface area contributed by atoms with Crippen molar-refractivity contribution in [1.82, 2.24) is 14.5 Å². The number of nitrogens with zero attached hydrogens (tertiary/aromatic N) is 4. The van der Waals surface area contributed by atoms with Crippen molar-refractivity contribution in [2.24, 2.45) is 0 Å². The van der Waals surface area contributed by atoms with Crippen LogP contribution in [-0.4, -0.2) is 58.3 Å². The van der Waals surface area contributed by atoms with Crippen molar-refractivity contribution >= 4 is 22.7 Å². The number of rotatable bonds is 4. The van der Waals surface area contributed by atoms with Gasteiger partial charge in [-0.2, -0.15) is 0 Å². The number of carboxylic acids is 1. The molecule has 1 aromatic heterocycles. The number of fused-ring (bicyclic) bond motifs is 1. The Morgan fingerprint density at radius 3 is 2.71 bits per heavy atom. The number of likely N-dealkylation sites (N-methyl/N-ethyl adjacent to an activating group) is 1. The number of aliphatic carboxylic acids is 1. The Hall–Kier alpha value is -2.08. The molecule has 0 amide bonds.